The van der Waals surface area contributed by atoms with E-state index in [0.29, 0.717) is 10.5 Å². The normalized spacial score (nSPS) is 16.5. The van der Waals surface area contributed by atoms with Gasteiger partial charge in [0.25, 0.3) is 5.91 Å². The maximum atomic E-state index is 14.1. The Kier molecular flexibility index (Phi) is 11.7. The van der Waals surface area contributed by atoms with Crippen molar-refractivity contribution in [3.8, 4) is 0 Å². The third-order valence-electron chi connectivity index (χ3n) is 7.91. The zero-order valence-corrected chi connectivity index (χ0v) is 26.9. The average molecular weight is 664 g/mol. The molecule has 1 aliphatic heterocycles. The molecule has 4 atom stereocenters. The van der Waals surface area contributed by atoms with Crippen molar-refractivity contribution in [3.63, 3.8) is 0 Å². The highest BCUT2D eigenvalue weighted by Gasteiger charge is 2.50. The largest absolute Gasteiger partial charge is 0.459 e. The number of carbonyl (C=O) groups excluding carboxylic acids is 5. The number of nitrogens with zero attached hydrogens (tertiary/aromatic N) is 1. The number of esters is 1. The molecule has 11 nitrogen and oxygen atoms in total. The number of carbonyl (C=O) groups is 5. The van der Waals surface area contributed by atoms with Gasteiger partial charge >= 0.3 is 18.2 Å². The minimum Gasteiger partial charge on any atom is -0.459 e. The van der Waals surface area contributed by atoms with Crippen molar-refractivity contribution in [2.45, 2.75) is 57.2 Å². The Morgan fingerprint density at radius 1 is 0.653 bits per heavy atom. The van der Waals surface area contributed by atoms with Crippen molar-refractivity contribution in [2.24, 2.45) is 0 Å². The van der Waals surface area contributed by atoms with Crippen molar-refractivity contribution in [1.82, 2.24) is 15.5 Å². The summed E-state index contributed by atoms with van der Waals surface area (Å²) in [5.41, 5.74) is 2.95. The van der Waals surface area contributed by atoms with Gasteiger partial charge in [0.15, 0.2) is 6.04 Å². The summed E-state index contributed by atoms with van der Waals surface area (Å²) >= 11 is 0. The lowest BCUT2D eigenvalue weighted by atomic mass is 10.0. The maximum absolute atomic E-state index is 14.1. The molecule has 1 aliphatic rings. The minimum absolute atomic E-state index is 0.00491. The van der Waals surface area contributed by atoms with Gasteiger partial charge in [0, 0.05) is 12.8 Å². The van der Waals surface area contributed by atoms with Gasteiger partial charge in [-0.2, -0.15) is 0 Å². The minimum atomic E-state index is -1.44. The van der Waals surface area contributed by atoms with E-state index in [-0.39, 0.29) is 26.1 Å². The SMILES string of the molecule is C[C@@H]1OC(=O)N(C(=O)[C@H](Cc2ccccc2)NC(=O)OCc2ccccc2)[C@H]1C(=O)N[C@@H](Cc1ccccc1)C(=O)OCc1ccccc1. The molecule has 0 aromatic heterocycles. The number of cyclic esters (lactones) is 1. The molecule has 2 N–H and O–H groups in total. The van der Waals surface area contributed by atoms with Gasteiger partial charge in [0.2, 0.25) is 5.91 Å². The fraction of sp³-hybridized carbons (Fsp3) is 0.237. The van der Waals surface area contributed by atoms with E-state index in [0.717, 1.165) is 16.7 Å². The average Bonchev–Trinajstić information content (AvgIpc) is 3.43. The number of hydrogen-bond acceptors (Lipinski definition) is 8. The number of rotatable bonds is 13. The summed E-state index contributed by atoms with van der Waals surface area (Å²) in [7, 11) is 0. The van der Waals surface area contributed by atoms with Crippen LogP contribution in [0, 0.1) is 0 Å². The van der Waals surface area contributed by atoms with E-state index < -0.39 is 54.2 Å². The molecule has 1 heterocycles. The van der Waals surface area contributed by atoms with Gasteiger partial charge in [-0.1, -0.05) is 121 Å². The highest BCUT2D eigenvalue weighted by Crippen LogP contribution is 2.23. The summed E-state index contributed by atoms with van der Waals surface area (Å²) in [6, 6.07) is 32.2. The first-order valence-electron chi connectivity index (χ1n) is 15.9. The van der Waals surface area contributed by atoms with E-state index in [1.165, 1.54) is 6.92 Å². The van der Waals surface area contributed by atoms with Gasteiger partial charge in [-0.3, -0.25) is 9.59 Å². The molecule has 5 rings (SSSR count). The second-order valence-corrected chi connectivity index (χ2v) is 11.5. The van der Waals surface area contributed by atoms with Gasteiger partial charge in [0.05, 0.1) is 0 Å². The summed E-state index contributed by atoms with van der Waals surface area (Å²) in [5.74, 6) is -2.36. The Hall–Kier alpha value is -5.97. The molecule has 1 fully saturated rings. The second kappa shape index (κ2) is 16.7. The molecule has 0 bridgehead atoms. The van der Waals surface area contributed by atoms with Crippen LogP contribution in [0.5, 0.6) is 0 Å². The van der Waals surface area contributed by atoms with Gasteiger partial charge < -0.3 is 24.8 Å². The molecule has 0 saturated carbocycles. The molecule has 1 saturated heterocycles. The molecule has 49 heavy (non-hydrogen) atoms. The van der Waals surface area contributed by atoms with Crippen LogP contribution < -0.4 is 10.6 Å². The Labute approximate surface area is 284 Å². The van der Waals surface area contributed by atoms with E-state index >= 15 is 0 Å². The Bertz CT molecular complexity index is 1720. The van der Waals surface area contributed by atoms with Crippen LogP contribution in [0.2, 0.25) is 0 Å². The standard InChI is InChI=1S/C38H37N3O8/c1-26-33(34(42)39-32(23-28-16-8-3-9-17-28)36(44)47-24-29-18-10-4-11-19-29)41(38(46)49-26)35(43)31(22-27-14-6-2-7-15-27)40-37(45)48-25-30-20-12-5-13-21-30/h2-21,26,31-33H,22-25H2,1H3,(H,39,42)(H,40,45)/t26-,31-,32-,33+/m0/s1. The highest BCUT2D eigenvalue weighted by molar-refractivity contribution is 6.03. The smallest absolute Gasteiger partial charge is 0.417 e. The third-order valence-corrected chi connectivity index (χ3v) is 7.91. The first-order valence-corrected chi connectivity index (χ1v) is 15.9. The number of benzene rings is 4. The second-order valence-electron chi connectivity index (χ2n) is 11.5. The van der Waals surface area contributed by atoms with Gasteiger partial charge in [-0.15, -0.1) is 0 Å². The van der Waals surface area contributed by atoms with Crippen molar-refractivity contribution in [1.29, 1.82) is 0 Å². The monoisotopic (exact) mass is 663 g/mol. The zero-order valence-electron chi connectivity index (χ0n) is 26.9. The maximum Gasteiger partial charge on any atom is 0.417 e. The van der Waals surface area contributed by atoms with Gasteiger partial charge in [-0.05, 0) is 29.2 Å². The van der Waals surface area contributed by atoms with Crippen LogP contribution in [0.3, 0.4) is 0 Å². The van der Waals surface area contributed by atoms with Crippen molar-refractivity contribution in [2.75, 3.05) is 0 Å². The zero-order chi connectivity index (χ0) is 34.6. The van der Waals surface area contributed by atoms with Crippen LogP contribution in [0.25, 0.3) is 0 Å². The topological polar surface area (TPSA) is 140 Å². The lowest BCUT2D eigenvalue weighted by Crippen LogP contribution is -2.58. The number of nitrogens with one attached hydrogen (secondary N) is 2. The third kappa shape index (κ3) is 9.54. The van der Waals surface area contributed by atoms with Crippen LogP contribution in [0.1, 0.15) is 29.2 Å². The van der Waals surface area contributed by atoms with Crippen molar-refractivity contribution >= 4 is 30.0 Å². The van der Waals surface area contributed by atoms with E-state index in [9.17, 15) is 24.0 Å². The van der Waals surface area contributed by atoms with Gasteiger partial charge in [0.1, 0.15) is 31.4 Å². The molecular weight excluding hydrogens is 626 g/mol. The van der Waals surface area contributed by atoms with Crippen LogP contribution in [-0.4, -0.2) is 59.1 Å². The fourth-order valence-electron chi connectivity index (χ4n) is 5.42. The molecule has 0 unspecified atom stereocenters. The van der Waals surface area contributed by atoms with E-state index in [4.69, 9.17) is 14.2 Å². The molecule has 0 aliphatic carbocycles. The highest BCUT2D eigenvalue weighted by atomic mass is 16.6. The van der Waals surface area contributed by atoms with Crippen LogP contribution in [0.15, 0.2) is 121 Å². The summed E-state index contributed by atoms with van der Waals surface area (Å²) in [5, 5.41) is 5.26. The first kappa shape index (κ1) is 34.4. The lowest BCUT2D eigenvalue weighted by molar-refractivity contribution is -0.150. The van der Waals surface area contributed by atoms with E-state index in [2.05, 4.69) is 10.6 Å². The molecule has 0 spiro atoms. The summed E-state index contributed by atoms with van der Waals surface area (Å²) < 4.78 is 16.3. The van der Waals surface area contributed by atoms with E-state index in [1.807, 2.05) is 42.5 Å². The molecule has 11 heteroatoms. The van der Waals surface area contributed by atoms with Gasteiger partial charge in [-0.25, -0.2) is 19.3 Å². The molecule has 0 radical (unpaired) electrons. The van der Waals surface area contributed by atoms with Crippen molar-refractivity contribution < 1.29 is 38.2 Å². The predicted molar refractivity (Wildman–Crippen MR) is 179 cm³/mol. The number of alkyl carbamates (subject to hydrolysis) is 1. The molecular formula is C38H37N3O8. The quantitative estimate of drug-likeness (QED) is 0.155. The van der Waals surface area contributed by atoms with Crippen molar-refractivity contribution in [3.05, 3.63) is 144 Å². The van der Waals surface area contributed by atoms with Crippen LogP contribution >= 0.6 is 0 Å². The molecule has 4 aromatic carbocycles. The number of imide groups is 1. The molecule has 4 amide bonds. The summed E-state index contributed by atoms with van der Waals surface area (Å²) in [6.45, 7) is 1.42. The Morgan fingerprint density at radius 3 is 1.61 bits per heavy atom. The fourth-order valence-corrected chi connectivity index (χ4v) is 5.42. The number of ether oxygens (including phenoxy) is 3. The Balaban J connectivity index is 1.34. The summed E-state index contributed by atoms with van der Waals surface area (Å²) in [4.78, 5) is 68.1. The molecule has 252 valence electrons. The molecule has 4 aromatic rings. The lowest BCUT2D eigenvalue weighted by Gasteiger charge is -2.27. The number of amides is 4. The predicted octanol–water partition coefficient (Wildman–Crippen LogP) is 4.73. The van der Waals surface area contributed by atoms with Crippen LogP contribution in [0.4, 0.5) is 9.59 Å². The summed E-state index contributed by atoms with van der Waals surface area (Å²) in [6.07, 6.45) is -2.91. The Morgan fingerprint density at radius 2 is 1.10 bits per heavy atom. The van der Waals surface area contributed by atoms with Crippen LogP contribution in [-0.2, 0) is 54.6 Å². The first-order chi connectivity index (χ1) is 23.8. The number of hydrogen-bond donors (Lipinski definition) is 2. The van der Waals surface area contributed by atoms with E-state index in [1.54, 1.807) is 78.9 Å².